The van der Waals surface area contributed by atoms with Crippen molar-refractivity contribution in [1.82, 2.24) is 4.90 Å². The van der Waals surface area contributed by atoms with Crippen LogP contribution in [-0.2, 0) is 4.79 Å². The van der Waals surface area contributed by atoms with Gasteiger partial charge in [0.05, 0.1) is 0 Å². The van der Waals surface area contributed by atoms with Crippen LogP contribution in [0.25, 0.3) is 11.0 Å². The molecule has 0 radical (unpaired) electrons. The van der Waals surface area contributed by atoms with Crippen molar-refractivity contribution in [3.63, 3.8) is 0 Å². The highest BCUT2D eigenvalue weighted by molar-refractivity contribution is 5.82. The summed E-state index contributed by atoms with van der Waals surface area (Å²) in [4.78, 5) is 25.7. The molecule has 3 rings (SSSR count). The fourth-order valence-electron chi connectivity index (χ4n) is 3.00. The number of fused-ring (bicyclic) bond motifs is 1. The van der Waals surface area contributed by atoms with Gasteiger partial charge in [0.2, 0.25) is 0 Å². The third-order valence-electron chi connectivity index (χ3n) is 4.25. The van der Waals surface area contributed by atoms with Gasteiger partial charge in [0, 0.05) is 30.6 Å². The Bertz CT molecular complexity index is 774. The maximum Gasteiger partial charge on any atom is 0.336 e. The molecule has 1 fully saturated rings. The van der Waals surface area contributed by atoms with E-state index < -0.39 is 6.10 Å². The number of carbonyl (C=O) groups excluding carboxylic acids is 1. The molecular weight excluding hydrogens is 294 g/mol. The second kappa shape index (κ2) is 6.44. The molecular formula is C18H21NO4. The van der Waals surface area contributed by atoms with Gasteiger partial charge >= 0.3 is 5.63 Å². The third-order valence-corrected chi connectivity index (χ3v) is 4.25. The van der Waals surface area contributed by atoms with Crippen molar-refractivity contribution in [3.8, 4) is 5.75 Å². The molecule has 1 amide bonds. The van der Waals surface area contributed by atoms with Crippen LogP contribution in [0.15, 0.2) is 33.5 Å². The minimum atomic E-state index is -0.554. The minimum Gasteiger partial charge on any atom is -0.481 e. The Hall–Kier alpha value is -2.30. The van der Waals surface area contributed by atoms with Crippen LogP contribution >= 0.6 is 0 Å². The van der Waals surface area contributed by atoms with E-state index in [1.165, 1.54) is 12.5 Å². The average molecular weight is 315 g/mol. The van der Waals surface area contributed by atoms with Crippen molar-refractivity contribution in [2.24, 2.45) is 0 Å². The molecule has 5 heteroatoms. The zero-order valence-corrected chi connectivity index (χ0v) is 13.5. The highest BCUT2D eigenvalue weighted by Crippen LogP contribution is 2.23. The summed E-state index contributed by atoms with van der Waals surface area (Å²) in [6, 6.07) is 6.78. The first-order chi connectivity index (χ1) is 11.0. The first kappa shape index (κ1) is 15.6. The third kappa shape index (κ3) is 3.38. The number of aryl methyl sites for hydroxylation is 1. The Labute approximate surface area is 134 Å². The van der Waals surface area contributed by atoms with E-state index in [1.807, 2.05) is 17.9 Å². The van der Waals surface area contributed by atoms with Crippen molar-refractivity contribution >= 4 is 16.9 Å². The van der Waals surface area contributed by atoms with Gasteiger partial charge in [-0.15, -0.1) is 0 Å². The second-order valence-corrected chi connectivity index (χ2v) is 6.05. The lowest BCUT2D eigenvalue weighted by molar-refractivity contribution is -0.138. The summed E-state index contributed by atoms with van der Waals surface area (Å²) >= 11 is 0. The number of benzene rings is 1. The molecule has 0 saturated carbocycles. The Kier molecular flexibility index (Phi) is 4.37. The number of ether oxygens (including phenoxy) is 1. The lowest BCUT2D eigenvalue weighted by Gasteiger charge is -2.29. The number of rotatable bonds is 3. The summed E-state index contributed by atoms with van der Waals surface area (Å²) in [6.45, 7) is 5.23. The first-order valence-electron chi connectivity index (χ1n) is 8.04. The number of hydrogen-bond donors (Lipinski definition) is 0. The molecule has 0 spiro atoms. The van der Waals surface area contributed by atoms with Crippen LogP contribution in [-0.4, -0.2) is 30.0 Å². The van der Waals surface area contributed by atoms with Crippen LogP contribution in [0, 0.1) is 6.92 Å². The van der Waals surface area contributed by atoms with E-state index in [4.69, 9.17) is 9.15 Å². The highest BCUT2D eigenvalue weighted by Gasteiger charge is 2.23. The molecule has 1 atom stereocenters. The van der Waals surface area contributed by atoms with E-state index in [0.717, 1.165) is 36.9 Å². The van der Waals surface area contributed by atoms with E-state index in [1.54, 1.807) is 19.1 Å². The molecule has 1 aliphatic rings. The van der Waals surface area contributed by atoms with E-state index in [0.29, 0.717) is 11.3 Å². The molecule has 1 aliphatic heterocycles. The van der Waals surface area contributed by atoms with Crippen molar-refractivity contribution in [2.45, 2.75) is 39.2 Å². The van der Waals surface area contributed by atoms with Crippen molar-refractivity contribution in [1.29, 1.82) is 0 Å². The van der Waals surface area contributed by atoms with Crippen LogP contribution in [0.5, 0.6) is 5.75 Å². The SMILES string of the molecule is Cc1cc(=O)oc2cc(O[C@@H](C)C(=O)N3CCCCC3)ccc12. The molecule has 5 nitrogen and oxygen atoms in total. The maximum absolute atomic E-state index is 12.4. The largest absolute Gasteiger partial charge is 0.481 e. The summed E-state index contributed by atoms with van der Waals surface area (Å²) in [6.07, 6.45) is 2.74. The molecule has 2 aromatic rings. The Balaban J connectivity index is 1.78. The van der Waals surface area contributed by atoms with E-state index in [2.05, 4.69) is 0 Å². The zero-order valence-electron chi connectivity index (χ0n) is 13.5. The highest BCUT2D eigenvalue weighted by atomic mass is 16.5. The summed E-state index contributed by atoms with van der Waals surface area (Å²) in [5, 5.41) is 0.868. The molecule has 23 heavy (non-hydrogen) atoms. The van der Waals surface area contributed by atoms with Gasteiger partial charge in [-0.25, -0.2) is 4.79 Å². The van der Waals surface area contributed by atoms with Crippen molar-refractivity contribution in [2.75, 3.05) is 13.1 Å². The Morgan fingerprint density at radius 1 is 1.22 bits per heavy atom. The molecule has 0 unspecified atom stereocenters. The fraction of sp³-hybridized carbons (Fsp3) is 0.444. The zero-order chi connectivity index (χ0) is 16.4. The average Bonchev–Trinajstić information content (AvgIpc) is 2.54. The summed E-state index contributed by atoms with van der Waals surface area (Å²) in [5.41, 5.74) is 0.954. The Morgan fingerprint density at radius 3 is 2.70 bits per heavy atom. The normalized spacial score (nSPS) is 16.3. The molecule has 0 aliphatic carbocycles. The number of hydrogen-bond acceptors (Lipinski definition) is 4. The minimum absolute atomic E-state index is 0.00971. The summed E-state index contributed by atoms with van der Waals surface area (Å²) < 4.78 is 11.0. The molecule has 122 valence electrons. The second-order valence-electron chi connectivity index (χ2n) is 6.05. The molecule has 1 aromatic heterocycles. The Morgan fingerprint density at radius 2 is 1.96 bits per heavy atom. The number of carbonyl (C=O) groups is 1. The van der Waals surface area contributed by atoms with E-state index in [9.17, 15) is 9.59 Å². The molecule has 1 aromatic carbocycles. The van der Waals surface area contributed by atoms with Crippen molar-refractivity contribution < 1.29 is 13.9 Å². The first-order valence-corrected chi connectivity index (χ1v) is 8.04. The summed E-state index contributed by atoms with van der Waals surface area (Å²) in [5.74, 6) is 0.541. The van der Waals surface area contributed by atoms with Gasteiger partial charge < -0.3 is 14.1 Å². The molecule has 2 heterocycles. The predicted molar refractivity (Wildman–Crippen MR) is 87.7 cm³/mol. The van der Waals surface area contributed by atoms with Crippen LogP contribution in [0.1, 0.15) is 31.7 Å². The van der Waals surface area contributed by atoms with Crippen molar-refractivity contribution in [3.05, 3.63) is 40.2 Å². The van der Waals surface area contributed by atoms with Gasteiger partial charge in [-0.3, -0.25) is 4.79 Å². The number of amides is 1. The van der Waals surface area contributed by atoms with E-state index >= 15 is 0 Å². The summed E-state index contributed by atoms with van der Waals surface area (Å²) in [7, 11) is 0. The van der Waals surface area contributed by atoms with Gasteiger partial charge in [0.15, 0.2) is 6.10 Å². The van der Waals surface area contributed by atoms with Gasteiger partial charge in [-0.2, -0.15) is 0 Å². The van der Waals surface area contributed by atoms with Crippen LogP contribution in [0.4, 0.5) is 0 Å². The smallest absolute Gasteiger partial charge is 0.336 e. The number of nitrogens with zero attached hydrogens (tertiary/aromatic N) is 1. The monoisotopic (exact) mass is 315 g/mol. The topological polar surface area (TPSA) is 59.8 Å². The van der Waals surface area contributed by atoms with Gasteiger partial charge in [-0.1, -0.05) is 0 Å². The maximum atomic E-state index is 12.4. The van der Waals surface area contributed by atoms with Crippen LogP contribution < -0.4 is 10.4 Å². The number of piperidine rings is 1. The van der Waals surface area contributed by atoms with Gasteiger partial charge in [0.25, 0.3) is 5.91 Å². The van der Waals surface area contributed by atoms with Gasteiger partial charge in [0.1, 0.15) is 11.3 Å². The molecule has 0 bridgehead atoms. The lowest BCUT2D eigenvalue weighted by Crippen LogP contribution is -2.43. The fourth-order valence-corrected chi connectivity index (χ4v) is 3.00. The van der Waals surface area contributed by atoms with Gasteiger partial charge in [-0.05, 0) is 50.8 Å². The molecule has 1 saturated heterocycles. The molecule has 0 N–H and O–H groups in total. The number of likely N-dealkylation sites (tertiary alicyclic amines) is 1. The quantitative estimate of drug-likeness (QED) is 0.817. The van der Waals surface area contributed by atoms with Crippen LogP contribution in [0.2, 0.25) is 0 Å². The lowest BCUT2D eigenvalue weighted by atomic mass is 10.1. The van der Waals surface area contributed by atoms with Crippen LogP contribution in [0.3, 0.4) is 0 Å². The standard InChI is InChI=1S/C18H21NO4/c1-12-10-17(20)23-16-11-14(6-7-15(12)16)22-13(2)18(21)19-8-4-3-5-9-19/h6-7,10-11,13H,3-5,8-9H2,1-2H3/t13-/m0/s1. The predicted octanol–water partition coefficient (Wildman–Crippen LogP) is 2.88. The van der Waals surface area contributed by atoms with E-state index in [-0.39, 0.29) is 11.5 Å².